The number of para-hydroxylation sites is 2. The Labute approximate surface area is 207 Å². The van der Waals surface area contributed by atoms with E-state index in [4.69, 9.17) is 0 Å². The summed E-state index contributed by atoms with van der Waals surface area (Å²) in [7, 11) is 2.13. The molecular weight excluding hydrogens is 591 g/mol. The molecular formula is C26H26N4PtSi. The molecule has 0 radical (unpaired) electrons. The fraction of sp³-hybridized carbons (Fsp3) is 0.154. The van der Waals surface area contributed by atoms with Crippen molar-refractivity contribution in [1.29, 1.82) is 0 Å². The zero-order chi connectivity index (χ0) is 21.6. The monoisotopic (exact) mass is 617 g/mol. The number of nitrogens with zero attached hydrogens (tertiary/aromatic N) is 4. The molecule has 0 N–H and O–H groups in total. The molecule has 3 aromatic carbocycles. The zero-order valence-corrected chi connectivity index (χ0v) is 22.0. The summed E-state index contributed by atoms with van der Waals surface area (Å²) in [4.78, 5) is 8.54. The summed E-state index contributed by atoms with van der Waals surface area (Å²) in [5.74, 6) is 0. The van der Waals surface area contributed by atoms with Crippen LogP contribution in [0.25, 0.3) is 0 Å². The summed E-state index contributed by atoms with van der Waals surface area (Å²) in [6.07, 6.45) is 4.11. The van der Waals surface area contributed by atoms with Crippen LogP contribution in [0.3, 0.4) is 0 Å². The Morgan fingerprint density at radius 3 is 2.00 bits per heavy atom. The molecule has 2 heterocycles. The number of hydrogen-bond donors (Lipinski definition) is 0. The van der Waals surface area contributed by atoms with Crippen LogP contribution in [-0.4, -0.2) is 27.1 Å². The Kier molecular flexibility index (Phi) is 6.24. The molecule has 5 rings (SSSR count). The van der Waals surface area contributed by atoms with Crippen molar-refractivity contribution in [3.05, 3.63) is 98.5 Å². The van der Waals surface area contributed by atoms with Gasteiger partial charge in [-0.3, -0.25) is 0 Å². The molecule has 164 valence electrons. The molecule has 0 saturated carbocycles. The second kappa shape index (κ2) is 8.80. The van der Waals surface area contributed by atoms with Gasteiger partial charge in [-0.15, -0.1) is 11.4 Å². The van der Waals surface area contributed by atoms with Crippen molar-refractivity contribution in [2.24, 2.45) is 0 Å². The maximum atomic E-state index is 3.75. The topological polar surface area (TPSA) is 13.0 Å². The molecule has 0 spiro atoms. The molecule has 2 aliphatic heterocycles. The fourth-order valence-electron chi connectivity index (χ4n) is 4.13. The first kappa shape index (κ1) is 22.7. The minimum absolute atomic E-state index is 0. The predicted molar refractivity (Wildman–Crippen MR) is 132 cm³/mol. The van der Waals surface area contributed by atoms with Gasteiger partial charge >= 0.3 is 21.1 Å². The van der Waals surface area contributed by atoms with Crippen LogP contribution < -0.4 is 25.1 Å². The van der Waals surface area contributed by atoms with Crippen molar-refractivity contribution >= 4 is 41.2 Å². The first-order valence-corrected chi connectivity index (χ1v) is 13.5. The molecule has 0 saturated heterocycles. The first-order valence-electron chi connectivity index (χ1n) is 10.5. The molecule has 0 bridgehead atoms. The second-order valence-corrected chi connectivity index (χ2v) is 12.9. The van der Waals surface area contributed by atoms with Crippen LogP contribution in [0.4, 0.5) is 22.7 Å². The average Bonchev–Trinajstić information content (AvgIpc) is 3.38. The van der Waals surface area contributed by atoms with Crippen molar-refractivity contribution in [1.82, 2.24) is 4.90 Å². The number of rotatable bonds is 4. The summed E-state index contributed by atoms with van der Waals surface area (Å²) in [6, 6.07) is 28.9. The van der Waals surface area contributed by atoms with E-state index in [0.717, 1.165) is 11.4 Å². The Hall–Kier alpha value is -2.49. The molecule has 0 amide bonds. The normalized spacial score (nSPS) is 15.2. The van der Waals surface area contributed by atoms with Gasteiger partial charge in [0, 0.05) is 11.4 Å². The van der Waals surface area contributed by atoms with E-state index in [9.17, 15) is 0 Å². The van der Waals surface area contributed by atoms with Gasteiger partial charge in [-0.25, -0.2) is 0 Å². The van der Waals surface area contributed by atoms with Crippen LogP contribution in [0, 0.1) is 25.5 Å². The Morgan fingerprint density at radius 2 is 1.34 bits per heavy atom. The van der Waals surface area contributed by atoms with E-state index in [0.29, 0.717) is 0 Å². The van der Waals surface area contributed by atoms with Crippen molar-refractivity contribution in [2.75, 3.05) is 28.8 Å². The minimum atomic E-state index is -1.99. The zero-order valence-electron chi connectivity index (χ0n) is 18.7. The SMILES string of the molecule is CN1C=CN(c2[c-]c([Si](C)(C)c3[c-]c(N4[CH-]N(C)c5ccccc54)ccc3)ccc2)[CH-]1.[Pt+4]. The van der Waals surface area contributed by atoms with E-state index in [1.807, 2.05) is 18.1 Å². The largest absolute Gasteiger partial charge is 4.00 e. The predicted octanol–water partition coefficient (Wildman–Crippen LogP) is 4.16. The average molecular weight is 618 g/mol. The second-order valence-electron chi connectivity index (χ2n) is 8.60. The van der Waals surface area contributed by atoms with Gasteiger partial charge in [-0.2, -0.15) is 72.2 Å². The van der Waals surface area contributed by atoms with Crippen LogP contribution in [0.5, 0.6) is 0 Å². The Bertz CT molecular complexity index is 1150. The third kappa shape index (κ3) is 4.00. The molecule has 0 aromatic heterocycles. The van der Waals surface area contributed by atoms with Crippen molar-refractivity contribution < 1.29 is 21.1 Å². The molecule has 0 unspecified atom stereocenters. The van der Waals surface area contributed by atoms with Crippen LogP contribution >= 0.6 is 0 Å². The minimum Gasteiger partial charge on any atom is -0.510 e. The van der Waals surface area contributed by atoms with Gasteiger partial charge < -0.3 is 19.6 Å². The number of benzene rings is 3. The molecule has 2 aliphatic rings. The van der Waals surface area contributed by atoms with Gasteiger partial charge in [0.2, 0.25) is 0 Å². The van der Waals surface area contributed by atoms with Gasteiger partial charge in [0.15, 0.2) is 0 Å². The Balaban J connectivity index is 0.00000245. The molecule has 6 heteroatoms. The molecule has 3 aromatic rings. The van der Waals surface area contributed by atoms with Crippen LogP contribution in [-0.2, 0) is 21.1 Å². The first-order chi connectivity index (χ1) is 14.9. The van der Waals surface area contributed by atoms with E-state index in [2.05, 4.69) is 127 Å². The molecule has 0 atom stereocenters. The summed E-state index contributed by atoms with van der Waals surface area (Å²) < 4.78 is 0. The maximum absolute atomic E-state index is 3.75. The Morgan fingerprint density at radius 1 is 0.719 bits per heavy atom. The molecule has 32 heavy (non-hydrogen) atoms. The third-order valence-corrected chi connectivity index (χ3v) is 9.30. The number of anilines is 4. The van der Waals surface area contributed by atoms with Gasteiger partial charge in [0.05, 0.1) is 8.07 Å². The van der Waals surface area contributed by atoms with Crippen LogP contribution in [0.1, 0.15) is 0 Å². The van der Waals surface area contributed by atoms with Gasteiger partial charge in [-0.05, 0) is 38.6 Å². The standard InChI is InChI=1S/C26H26N4Si.Pt/c1-27-15-16-29(19-27)21-9-7-11-23(17-21)31(3,4)24-12-8-10-22(18-24)30-20-28(2)25-13-5-6-14-26(25)30;/h5-16,19-20H,1-4H3;/q-4;+4. The fourth-order valence-corrected chi connectivity index (χ4v) is 6.32. The van der Waals surface area contributed by atoms with E-state index in [1.54, 1.807) is 0 Å². The molecule has 0 fully saturated rings. The van der Waals surface area contributed by atoms with Gasteiger partial charge in [0.1, 0.15) is 0 Å². The van der Waals surface area contributed by atoms with Crippen LogP contribution in [0.2, 0.25) is 13.1 Å². The van der Waals surface area contributed by atoms with E-state index < -0.39 is 8.07 Å². The van der Waals surface area contributed by atoms with Gasteiger partial charge in [-0.1, -0.05) is 25.2 Å². The smallest absolute Gasteiger partial charge is 0.510 e. The molecule has 4 nitrogen and oxygen atoms in total. The number of hydrogen-bond acceptors (Lipinski definition) is 4. The van der Waals surface area contributed by atoms with E-state index in [-0.39, 0.29) is 21.1 Å². The van der Waals surface area contributed by atoms with E-state index in [1.165, 1.54) is 21.7 Å². The third-order valence-electron chi connectivity index (χ3n) is 6.02. The van der Waals surface area contributed by atoms with E-state index >= 15 is 0 Å². The van der Waals surface area contributed by atoms with Crippen molar-refractivity contribution in [3.8, 4) is 0 Å². The summed E-state index contributed by atoms with van der Waals surface area (Å²) in [5.41, 5.74) is 4.53. The van der Waals surface area contributed by atoms with Crippen molar-refractivity contribution in [3.63, 3.8) is 0 Å². The van der Waals surface area contributed by atoms with Crippen molar-refractivity contribution in [2.45, 2.75) is 13.1 Å². The summed E-state index contributed by atoms with van der Waals surface area (Å²) in [5, 5.41) is 2.55. The number of fused-ring (bicyclic) bond motifs is 1. The summed E-state index contributed by atoms with van der Waals surface area (Å²) in [6.45, 7) is 8.95. The maximum Gasteiger partial charge on any atom is 4.00 e. The van der Waals surface area contributed by atoms with Gasteiger partial charge in [0.25, 0.3) is 0 Å². The summed E-state index contributed by atoms with van der Waals surface area (Å²) >= 11 is 0. The van der Waals surface area contributed by atoms with Crippen LogP contribution in [0.15, 0.2) is 73.1 Å². The molecule has 0 aliphatic carbocycles. The quantitative estimate of drug-likeness (QED) is 0.322.